The van der Waals surface area contributed by atoms with Crippen molar-refractivity contribution in [2.45, 2.75) is 62.8 Å². The fourth-order valence-corrected chi connectivity index (χ4v) is 5.60. The Kier molecular flexibility index (Phi) is 13.2. The summed E-state index contributed by atoms with van der Waals surface area (Å²) in [5.74, 6) is -1.78. The minimum absolute atomic E-state index is 0. The summed E-state index contributed by atoms with van der Waals surface area (Å²) in [6.45, 7) is 1.51. The quantitative estimate of drug-likeness (QED) is 0.116. The summed E-state index contributed by atoms with van der Waals surface area (Å²) >= 11 is 0. The number of amides is 4. The molecule has 0 saturated carbocycles. The SMILES string of the molecule is Cl.NCCCC[C@H](NC(=O)C1OC1C(=O)N[C@@H](Cc1ccccc1)C(=O)NCCc1ccccc1)C(=O)NN1CCc2ccccc21. The van der Waals surface area contributed by atoms with Gasteiger partial charge in [-0.05, 0) is 61.4 Å². The van der Waals surface area contributed by atoms with E-state index in [4.69, 9.17) is 10.5 Å². The molecule has 3 aromatic carbocycles. The molecule has 11 nitrogen and oxygen atoms in total. The van der Waals surface area contributed by atoms with E-state index >= 15 is 0 Å². The van der Waals surface area contributed by atoms with Gasteiger partial charge in [0.1, 0.15) is 12.1 Å². The van der Waals surface area contributed by atoms with Gasteiger partial charge >= 0.3 is 0 Å². The predicted octanol–water partition coefficient (Wildman–Crippen LogP) is 1.97. The molecule has 0 aliphatic carbocycles. The average molecular weight is 663 g/mol. The molecule has 0 bridgehead atoms. The van der Waals surface area contributed by atoms with Gasteiger partial charge in [-0.2, -0.15) is 0 Å². The van der Waals surface area contributed by atoms with E-state index in [9.17, 15) is 19.2 Å². The molecule has 2 heterocycles. The first kappa shape index (κ1) is 35.4. The lowest BCUT2D eigenvalue weighted by atomic mass is 10.0. The summed E-state index contributed by atoms with van der Waals surface area (Å²) in [6, 6.07) is 25.3. The molecule has 5 rings (SSSR count). The van der Waals surface area contributed by atoms with Crippen molar-refractivity contribution >= 4 is 41.7 Å². The lowest BCUT2D eigenvalue weighted by molar-refractivity contribution is -0.130. The lowest BCUT2D eigenvalue weighted by Gasteiger charge is -2.25. The van der Waals surface area contributed by atoms with Crippen LogP contribution in [0.4, 0.5) is 5.69 Å². The van der Waals surface area contributed by atoms with Gasteiger partial charge in [0.05, 0.1) is 5.69 Å². The molecule has 2 unspecified atom stereocenters. The van der Waals surface area contributed by atoms with E-state index in [1.54, 1.807) is 5.01 Å². The third-order valence-electron chi connectivity index (χ3n) is 8.19. The molecule has 2 aliphatic heterocycles. The first-order chi connectivity index (χ1) is 22.4. The number of nitrogens with two attached hydrogens (primary N) is 1. The van der Waals surface area contributed by atoms with E-state index in [0.717, 1.165) is 28.8 Å². The van der Waals surface area contributed by atoms with Gasteiger partial charge in [0, 0.05) is 19.5 Å². The van der Waals surface area contributed by atoms with Gasteiger partial charge in [0.15, 0.2) is 12.2 Å². The Morgan fingerprint density at radius 3 is 2.09 bits per heavy atom. The highest BCUT2D eigenvalue weighted by Crippen LogP contribution is 2.26. The van der Waals surface area contributed by atoms with Crippen molar-refractivity contribution in [2.75, 3.05) is 24.6 Å². The van der Waals surface area contributed by atoms with Gasteiger partial charge in [-0.1, -0.05) is 78.9 Å². The summed E-state index contributed by atoms with van der Waals surface area (Å²) in [4.78, 5) is 52.9. The van der Waals surface area contributed by atoms with Crippen molar-refractivity contribution in [1.82, 2.24) is 21.4 Å². The predicted molar refractivity (Wildman–Crippen MR) is 182 cm³/mol. The molecule has 12 heteroatoms. The van der Waals surface area contributed by atoms with Crippen LogP contribution >= 0.6 is 12.4 Å². The van der Waals surface area contributed by atoms with Crippen molar-refractivity contribution in [3.05, 3.63) is 102 Å². The van der Waals surface area contributed by atoms with Crippen molar-refractivity contribution in [2.24, 2.45) is 5.73 Å². The summed E-state index contributed by atoms with van der Waals surface area (Å²) in [7, 11) is 0. The van der Waals surface area contributed by atoms with Crippen molar-refractivity contribution in [1.29, 1.82) is 0 Å². The minimum Gasteiger partial charge on any atom is -0.354 e. The zero-order valence-electron chi connectivity index (χ0n) is 26.2. The topological polar surface area (TPSA) is 158 Å². The number of ether oxygens (including phenoxy) is 1. The van der Waals surface area contributed by atoms with E-state index in [0.29, 0.717) is 45.3 Å². The molecular formula is C35H43ClN6O5. The fourth-order valence-electron chi connectivity index (χ4n) is 5.60. The molecule has 250 valence electrons. The number of hydrazine groups is 1. The normalized spacial score (nSPS) is 17.3. The first-order valence-corrected chi connectivity index (χ1v) is 15.9. The van der Waals surface area contributed by atoms with Gasteiger partial charge in [0.2, 0.25) is 5.91 Å². The molecule has 1 saturated heterocycles. The van der Waals surface area contributed by atoms with Crippen LogP contribution in [0.1, 0.15) is 36.0 Å². The third kappa shape index (κ3) is 10.0. The standard InChI is InChI=1S/C35H42N6O5.ClH/c36-20-10-9-16-27(33(43)40-41-22-19-26-15-7-8-17-29(26)41)38-34(44)30-31(46-30)35(45)39-28(23-25-13-5-2-6-14-25)32(42)37-21-18-24-11-3-1-4-12-24;/h1-8,11-15,17,27-28,30-31H,9-10,16,18-23,36H2,(H,37,42)(H,38,44)(H,39,45)(H,40,43);1H/t27-,28-,30?,31?;/m0./s1. The van der Waals surface area contributed by atoms with Gasteiger partial charge in [-0.15, -0.1) is 12.4 Å². The number of hydrogen-bond donors (Lipinski definition) is 5. The fraction of sp³-hybridized carbons (Fsp3) is 0.371. The summed E-state index contributed by atoms with van der Waals surface area (Å²) in [5.41, 5.74) is 12.6. The summed E-state index contributed by atoms with van der Waals surface area (Å²) in [5, 5.41) is 10.3. The maximum absolute atomic E-state index is 13.3. The summed E-state index contributed by atoms with van der Waals surface area (Å²) in [6.07, 6.45) is 1.34. The lowest BCUT2D eigenvalue weighted by Crippen LogP contribution is -2.53. The molecule has 6 N–H and O–H groups in total. The number of fused-ring (bicyclic) bond motifs is 1. The number of benzene rings is 3. The number of halogens is 1. The second-order valence-electron chi connectivity index (χ2n) is 11.6. The van der Waals surface area contributed by atoms with E-state index < -0.39 is 36.1 Å². The molecular weight excluding hydrogens is 620 g/mol. The monoisotopic (exact) mass is 662 g/mol. The smallest absolute Gasteiger partial charge is 0.261 e. The van der Waals surface area contributed by atoms with Crippen LogP contribution in [0.15, 0.2) is 84.9 Å². The highest BCUT2D eigenvalue weighted by molar-refractivity contribution is 5.98. The number of nitrogens with one attached hydrogen (secondary N) is 4. The van der Waals surface area contributed by atoms with Crippen molar-refractivity contribution in [3.8, 4) is 0 Å². The molecule has 4 amide bonds. The number of para-hydroxylation sites is 1. The Bertz CT molecular complexity index is 1490. The van der Waals surface area contributed by atoms with Crippen LogP contribution in [-0.4, -0.2) is 67.6 Å². The Balaban J connectivity index is 0.00000500. The van der Waals surface area contributed by atoms with E-state index in [1.165, 1.54) is 0 Å². The first-order valence-electron chi connectivity index (χ1n) is 15.9. The second-order valence-corrected chi connectivity index (χ2v) is 11.6. The zero-order chi connectivity index (χ0) is 32.3. The van der Waals surface area contributed by atoms with Crippen LogP contribution < -0.4 is 32.1 Å². The number of carbonyl (C=O) groups excluding carboxylic acids is 4. The van der Waals surface area contributed by atoms with E-state index in [-0.39, 0.29) is 30.6 Å². The number of hydrogen-bond acceptors (Lipinski definition) is 7. The highest BCUT2D eigenvalue weighted by atomic mass is 35.5. The average Bonchev–Trinajstić information content (AvgIpc) is 3.79. The van der Waals surface area contributed by atoms with Crippen LogP contribution in [0.25, 0.3) is 0 Å². The number of anilines is 1. The van der Waals surface area contributed by atoms with Crippen LogP contribution in [0.3, 0.4) is 0 Å². The van der Waals surface area contributed by atoms with Crippen molar-refractivity contribution < 1.29 is 23.9 Å². The second kappa shape index (κ2) is 17.5. The van der Waals surface area contributed by atoms with Crippen LogP contribution in [-0.2, 0) is 43.2 Å². The van der Waals surface area contributed by atoms with Crippen LogP contribution in [0.5, 0.6) is 0 Å². The third-order valence-corrected chi connectivity index (χ3v) is 8.19. The number of unbranched alkanes of at least 4 members (excludes halogenated alkanes) is 1. The van der Waals surface area contributed by atoms with Crippen LogP contribution in [0, 0.1) is 0 Å². The molecule has 0 spiro atoms. The molecule has 47 heavy (non-hydrogen) atoms. The van der Waals surface area contributed by atoms with Gasteiger partial charge in [-0.25, -0.2) is 0 Å². The Labute approximate surface area is 281 Å². The zero-order valence-corrected chi connectivity index (χ0v) is 27.0. The number of carbonyl (C=O) groups is 4. The summed E-state index contributed by atoms with van der Waals surface area (Å²) < 4.78 is 5.48. The Hall–Kier alpha value is -4.45. The molecule has 3 aromatic rings. The van der Waals surface area contributed by atoms with Gasteiger partial charge in [0.25, 0.3) is 17.7 Å². The van der Waals surface area contributed by atoms with Crippen molar-refractivity contribution in [3.63, 3.8) is 0 Å². The molecule has 0 aromatic heterocycles. The van der Waals surface area contributed by atoms with Gasteiger partial charge < -0.3 is 26.4 Å². The number of epoxide rings is 1. The number of rotatable bonds is 16. The largest absolute Gasteiger partial charge is 0.354 e. The molecule has 4 atom stereocenters. The molecule has 2 aliphatic rings. The Morgan fingerprint density at radius 1 is 0.787 bits per heavy atom. The van der Waals surface area contributed by atoms with Crippen LogP contribution in [0.2, 0.25) is 0 Å². The highest BCUT2D eigenvalue weighted by Gasteiger charge is 2.51. The van der Waals surface area contributed by atoms with E-state index in [2.05, 4.69) is 21.4 Å². The van der Waals surface area contributed by atoms with Gasteiger partial charge in [-0.3, -0.25) is 29.6 Å². The minimum atomic E-state index is -1.06. The maximum atomic E-state index is 13.3. The molecule has 1 fully saturated rings. The van der Waals surface area contributed by atoms with E-state index in [1.807, 2.05) is 84.9 Å². The number of nitrogens with zero attached hydrogens (tertiary/aromatic N) is 1. The molecule has 0 radical (unpaired) electrons. The maximum Gasteiger partial charge on any atom is 0.261 e. The Morgan fingerprint density at radius 2 is 1.40 bits per heavy atom.